The van der Waals surface area contributed by atoms with Gasteiger partial charge in [-0.3, -0.25) is 9.69 Å². The van der Waals surface area contributed by atoms with E-state index in [4.69, 9.17) is 4.52 Å². The molecule has 0 atom stereocenters. The zero-order valence-corrected chi connectivity index (χ0v) is 13.7. The van der Waals surface area contributed by atoms with Gasteiger partial charge < -0.3 is 4.52 Å². The van der Waals surface area contributed by atoms with Crippen LogP contribution in [0.5, 0.6) is 0 Å². The number of carbonyl (C=O) groups is 1. The summed E-state index contributed by atoms with van der Waals surface area (Å²) in [7, 11) is 2.00. The lowest BCUT2D eigenvalue weighted by Crippen LogP contribution is -2.17. The molecule has 0 fully saturated rings. The molecule has 6 heteroatoms. The summed E-state index contributed by atoms with van der Waals surface area (Å²) in [6.07, 6.45) is 0.833. The lowest BCUT2D eigenvalue weighted by atomic mass is 10.1. The molecule has 0 spiro atoms. The van der Waals surface area contributed by atoms with E-state index < -0.39 is 0 Å². The second-order valence-corrected chi connectivity index (χ2v) is 6.66. The van der Waals surface area contributed by atoms with Gasteiger partial charge in [0.25, 0.3) is 0 Å². The molecule has 0 saturated heterocycles. The maximum Gasteiger partial charge on any atom is 0.240 e. The van der Waals surface area contributed by atoms with Gasteiger partial charge in [0.05, 0.1) is 11.4 Å². The zero-order valence-electron chi connectivity index (χ0n) is 12.9. The molecule has 0 aromatic carbocycles. The summed E-state index contributed by atoms with van der Waals surface area (Å²) in [6.45, 7) is 7.21. The first-order valence-corrected chi connectivity index (χ1v) is 7.90. The van der Waals surface area contributed by atoms with Gasteiger partial charge in [0.15, 0.2) is 11.6 Å². The minimum Gasteiger partial charge on any atom is -0.338 e. The van der Waals surface area contributed by atoms with E-state index in [0.29, 0.717) is 18.4 Å². The Labute approximate surface area is 129 Å². The third-order valence-electron chi connectivity index (χ3n) is 2.96. The van der Waals surface area contributed by atoms with E-state index in [-0.39, 0.29) is 5.78 Å². The van der Waals surface area contributed by atoms with Crippen molar-refractivity contribution >= 4 is 17.1 Å². The van der Waals surface area contributed by atoms with Crippen molar-refractivity contribution in [2.45, 2.75) is 40.3 Å². The minimum absolute atomic E-state index is 0.115. The molecular weight excluding hydrogens is 286 g/mol. The van der Waals surface area contributed by atoms with Crippen LogP contribution in [0.4, 0.5) is 0 Å². The van der Waals surface area contributed by atoms with Gasteiger partial charge in [-0.1, -0.05) is 19.0 Å². The van der Waals surface area contributed by atoms with Crippen LogP contribution in [0.1, 0.15) is 47.7 Å². The number of Topliss-reactive ketones (excluding diaryl/α,β-unsaturated/α-hetero) is 1. The summed E-state index contributed by atoms with van der Waals surface area (Å²) in [5, 5.41) is 6.01. The lowest BCUT2D eigenvalue weighted by Gasteiger charge is -2.12. The normalized spacial score (nSPS) is 11.5. The number of rotatable bonds is 7. The number of ketones is 1. The number of hydrogen-bond acceptors (Lipinski definition) is 6. The molecule has 0 radical (unpaired) electrons. The highest BCUT2D eigenvalue weighted by Gasteiger charge is 2.12. The minimum atomic E-state index is 0.115. The second-order valence-electron chi connectivity index (χ2n) is 5.75. The monoisotopic (exact) mass is 307 g/mol. The molecule has 2 aromatic rings. The molecule has 2 heterocycles. The molecule has 0 aliphatic carbocycles. The highest BCUT2D eigenvalue weighted by molar-refractivity contribution is 7.12. The van der Waals surface area contributed by atoms with Crippen LogP contribution in [0.15, 0.2) is 16.0 Å². The predicted molar refractivity (Wildman–Crippen MR) is 82.3 cm³/mol. The second kappa shape index (κ2) is 6.95. The summed E-state index contributed by atoms with van der Waals surface area (Å²) < 4.78 is 5.26. The van der Waals surface area contributed by atoms with Gasteiger partial charge in [0.2, 0.25) is 5.89 Å². The molecule has 5 nitrogen and oxygen atoms in total. The summed E-state index contributed by atoms with van der Waals surface area (Å²) in [5.74, 6) is 2.03. The van der Waals surface area contributed by atoms with Crippen LogP contribution >= 0.6 is 11.3 Å². The van der Waals surface area contributed by atoms with Crippen molar-refractivity contribution in [3.63, 3.8) is 0 Å². The molecule has 0 aliphatic rings. The highest BCUT2D eigenvalue weighted by atomic mass is 32.1. The van der Waals surface area contributed by atoms with E-state index in [0.717, 1.165) is 29.2 Å². The molecule has 0 amide bonds. The Kier molecular flexibility index (Phi) is 5.25. The van der Waals surface area contributed by atoms with Gasteiger partial charge in [-0.15, -0.1) is 11.3 Å². The van der Waals surface area contributed by atoms with Gasteiger partial charge in [-0.2, -0.15) is 4.98 Å². The van der Waals surface area contributed by atoms with Crippen molar-refractivity contribution in [2.24, 2.45) is 5.92 Å². The fourth-order valence-electron chi connectivity index (χ4n) is 2.04. The van der Waals surface area contributed by atoms with E-state index in [1.54, 1.807) is 6.92 Å². The number of thiophene rings is 1. The smallest absolute Gasteiger partial charge is 0.240 e. The Hall–Kier alpha value is -1.53. The number of nitrogens with zero attached hydrogens (tertiary/aromatic N) is 3. The van der Waals surface area contributed by atoms with Crippen LogP contribution in [-0.4, -0.2) is 27.9 Å². The predicted octanol–water partition coefficient (Wildman–Crippen LogP) is 3.16. The van der Waals surface area contributed by atoms with Crippen LogP contribution in [0.3, 0.4) is 0 Å². The van der Waals surface area contributed by atoms with Crippen LogP contribution in [-0.2, 0) is 19.5 Å². The Balaban J connectivity index is 1.90. The molecule has 0 N–H and O–H groups in total. The number of aromatic nitrogens is 2. The van der Waals surface area contributed by atoms with Crippen molar-refractivity contribution < 1.29 is 9.32 Å². The maximum atomic E-state index is 11.3. The average molecular weight is 307 g/mol. The molecule has 0 bridgehead atoms. The van der Waals surface area contributed by atoms with Gasteiger partial charge in [-0.25, -0.2) is 0 Å². The molecule has 0 saturated carbocycles. The van der Waals surface area contributed by atoms with E-state index in [2.05, 4.69) is 28.9 Å². The molecule has 21 heavy (non-hydrogen) atoms. The van der Waals surface area contributed by atoms with E-state index in [1.807, 2.05) is 18.5 Å². The maximum absolute atomic E-state index is 11.3. The van der Waals surface area contributed by atoms with Crippen molar-refractivity contribution in [2.75, 3.05) is 7.05 Å². The van der Waals surface area contributed by atoms with Crippen LogP contribution in [0.25, 0.3) is 0 Å². The topological polar surface area (TPSA) is 59.2 Å². The first kappa shape index (κ1) is 15.9. The molecular formula is C15H21N3O2S. The van der Waals surface area contributed by atoms with Crippen LogP contribution < -0.4 is 0 Å². The van der Waals surface area contributed by atoms with Crippen molar-refractivity contribution in [3.05, 3.63) is 33.6 Å². The SMILES string of the molecule is CC(=O)c1cc(CN(C)Cc2nc(CC(C)C)no2)cs1. The summed E-state index contributed by atoms with van der Waals surface area (Å²) in [6, 6.07) is 1.95. The fourth-order valence-corrected chi connectivity index (χ4v) is 2.85. The van der Waals surface area contributed by atoms with E-state index >= 15 is 0 Å². The standard InChI is InChI=1S/C15H21N3O2S/c1-10(2)5-14-16-15(20-17-14)8-18(4)7-12-6-13(11(3)19)21-9-12/h6,9-10H,5,7-8H2,1-4H3. The van der Waals surface area contributed by atoms with Crippen molar-refractivity contribution in [1.29, 1.82) is 0 Å². The third-order valence-corrected chi connectivity index (χ3v) is 4.04. The molecule has 114 valence electrons. The first-order valence-electron chi connectivity index (χ1n) is 7.02. The lowest BCUT2D eigenvalue weighted by molar-refractivity contribution is 0.102. The quantitative estimate of drug-likeness (QED) is 0.735. The first-order chi connectivity index (χ1) is 9.94. The van der Waals surface area contributed by atoms with E-state index in [1.165, 1.54) is 11.3 Å². The largest absolute Gasteiger partial charge is 0.338 e. The van der Waals surface area contributed by atoms with Gasteiger partial charge in [0.1, 0.15) is 0 Å². The summed E-state index contributed by atoms with van der Waals surface area (Å²) in [5.41, 5.74) is 1.13. The summed E-state index contributed by atoms with van der Waals surface area (Å²) in [4.78, 5) is 18.6. The van der Waals surface area contributed by atoms with Gasteiger partial charge >= 0.3 is 0 Å². The van der Waals surface area contributed by atoms with Crippen molar-refractivity contribution in [1.82, 2.24) is 15.0 Å². The Bertz CT molecular complexity index is 604. The Morgan fingerprint density at radius 1 is 1.43 bits per heavy atom. The summed E-state index contributed by atoms with van der Waals surface area (Å²) >= 11 is 1.49. The van der Waals surface area contributed by atoms with Gasteiger partial charge in [-0.05, 0) is 36.9 Å². The van der Waals surface area contributed by atoms with Crippen LogP contribution in [0, 0.1) is 5.92 Å². The van der Waals surface area contributed by atoms with E-state index in [9.17, 15) is 4.79 Å². The highest BCUT2D eigenvalue weighted by Crippen LogP contribution is 2.17. The average Bonchev–Trinajstić information content (AvgIpc) is 2.98. The fraction of sp³-hybridized carbons (Fsp3) is 0.533. The number of carbonyl (C=O) groups excluding carboxylic acids is 1. The third kappa shape index (κ3) is 4.75. The molecule has 2 rings (SSSR count). The van der Waals surface area contributed by atoms with Gasteiger partial charge in [0, 0.05) is 13.0 Å². The Morgan fingerprint density at radius 3 is 2.81 bits per heavy atom. The number of hydrogen-bond donors (Lipinski definition) is 0. The van der Waals surface area contributed by atoms with Crippen molar-refractivity contribution in [3.8, 4) is 0 Å². The zero-order chi connectivity index (χ0) is 15.4. The molecule has 2 aromatic heterocycles. The Morgan fingerprint density at radius 2 is 2.19 bits per heavy atom. The molecule has 0 unspecified atom stereocenters. The van der Waals surface area contributed by atoms with Crippen LogP contribution in [0.2, 0.25) is 0 Å². The molecule has 0 aliphatic heterocycles.